The number of ether oxygens (including phenoxy) is 1. The van der Waals surface area contributed by atoms with Gasteiger partial charge in [0.25, 0.3) is 5.91 Å². The van der Waals surface area contributed by atoms with E-state index in [1.165, 1.54) is 11.8 Å². The second-order valence-corrected chi connectivity index (χ2v) is 9.21. The number of alkyl carbamates (subject to hydrolysis) is 1. The molecule has 0 aromatic heterocycles. The molecule has 3 aromatic carbocycles. The van der Waals surface area contributed by atoms with E-state index in [-0.39, 0.29) is 18.4 Å². The van der Waals surface area contributed by atoms with Crippen LogP contribution in [0.4, 0.5) is 10.5 Å². The molecule has 1 saturated carbocycles. The first kappa shape index (κ1) is 23.5. The Morgan fingerprint density at radius 1 is 0.972 bits per heavy atom. The predicted octanol–water partition coefficient (Wildman–Crippen LogP) is 4.84. The number of anilines is 1. The summed E-state index contributed by atoms with van der Waals surface area (Å²) < 4.78 is 5.40. The van der Waals surface area contributed by atoms with E-state index in [0.717, 1.165) is 30.4 Å². The number of amides is 3. The van der Waals surface area contributed by atoms with Crippen molar-refractivity contribution in [1.29, 1.82) is 0 Å². The standard InChI is InChI=1S/C29H27N3O4/c1-29(31-28(35)36-19-20-11-4-2-5-12-20)27(34)32(26(33)22-15-10-16-22)24-18-9-8-17-23(24)25(30-29)21-13-6-3-7-14-21/h2-9,11-14,17-18,22H,10,15-16,19H2,1H3,(H,31,35). The fraction of sp³-hybridized carbons (Fsp3) is 0.241. The summed E-state index contributed by atoms with van der Waals surface area (Å²) in [7, 11) is 0. The van der Waals surface area contributed by atoms with Gasteiger partial charge in [-0.05, 0) is 31.4 Å². The molecule has 1 atom stereocenters. The average molecular weight is 482 g/mol. The molecular formula is C29H27N3O4. The molecule has 1 fully saturated rings. The van der Waals surface area contributed by atoms with Crippen LogP contribution in [-0.4, -0.2) is 29.3 Å². The van der Waals surface area contributed by atoms with Crippen LogP contribution in [0.1, 0.15) is 42.9 Å². The van der Waals surface area contributed by atoms with Gasteiger partial charge >= 0.3 is 6.09 Å². The molecule has 7 nitrogen and oxygen atoms in total. The SMILES string of the molecule is CC1(NC(=O)OCc2ccccc2)N=C(c2ccccc2)c2ccccc2N(C(=O)C2CCC2)C1=O. The van der Waals surface area contributed by atoms with Gasteiger partial charge in [0.2, 0.25) is 11.6 Å². The summed E-state index contributed by atoms with van der Waals surface area (Å²) in [5.41, 5.74) is 1.43. The van der Waals surface area contributed by atoms with Crippen LogP contribution in [0.5, 0.6) is 0 Å². The van der Waals surface area contributed by atoms with Crippen molar-refractivity contribution in [3.8, 4) is 0 Å². The van der Waals surface area contributed by atoms with E-state index < -0.39 is 17.7 Å². The van der Waals surface area contributed by atoms with Crippen molar-refractivity contribution in [3.63, 3.8) is 0 Å². The molecule has 0 spiro atoms. The molecule has 0 saturated heterocycles. The molecule has 0 radical (unpaired) electrons. The number of hydrogen-bond acceptors (Lipinski definition) is 5. The molecule has 36 heavy (non-hydrogen) atoms. The Labute approximate surface area is 209 Å². The fourth-order valence-electron chi connectivity index (χ4n) is 4.44. The maximum Gasteiger partial charge on any atom is 0.409 e. The molecule has 1 N–H and O–H groups in total. The second-order valence-electron chi connectivity index (χ2n) is 9.21. The number of imide groups is 1. The van der Waals surface area contributed by atoms with Crippen molar-refractivity contribution in [2.75, 3.05) is 4.90 Å². The lowest BCUT2D eigenvalue weighted by Gasteiger charge is -2.34. The maximum absolute atomic E-state index is 14.0. The quantitative estimate of drug-likeness (QED) is 0.528. The van der Waals surface area contributed by atoms with Gasteiger partial charge < -0.3 is 4.74 Å². The minimum atomic E-state index is -1.77. The van der Waals surface area contributed by atoms with E-state index in [1.807, 2.05) is 72.8 Å². The van der Waals surface area contributed by atoms with Crippen molar-refractivity contribution in [3.05, 3.63) is 102 Å². The molecular weight excluding hydrogens is 454 g/mol. The number of nitrogens with zero attached hydrogens (tertiary/aromatic N) is 2. The third kappa shape index (κ3) is 4.52. The summed E-state index contributed by atoms with van der Waals surface area (Å²) in [6.07, 6.45) is 1.63. The van der Waals surface area contributed by atoms with Crippen molar-refractivity contribution in [2.45, 2.75) is 38.5 Å². The first-order valence-electron chi connectivity index (χ1n) is 12.1. The smallest absolute Gasteiger partial charge is 0.409 e. The third-order valence-electron chi connectivity index (χ3n) is 6.64. The van der Waals surface area contributed by atoms with Gasteiger partial charge in [0, 0.05) is 17.0 Å². The zero-order valence-electron chi connectivity index (χ0n) is 20.0. The zero-order chi connectivity index (χ0) is 25.1. The number of aliphatic imine (C=N–C) groups is 1. The number of nitrogens with one attached hydrogen (secondary N) is 1. The maximum atomic E-state index is 14.0. The van der Waals surface area contributed by atoms with Gasteiger partial charge in [0.05, 0.1) is 11.4 Å². The van der Waals surface area contributed by atoms with Crippen molar-refractivity contribution < 1.29 is 19.1 Å². The van der Waals surface area contributed by atoms with E-state index in [9.17, 15) is 14.4 Å². The minimum Gasteiger partial charge on any atom is -0.445 e. The van der Waals surface area contributed by atoms with Crippen molar-refractivity contribution >= 4 is 29.3 Å². The molecule has 182 valence electrons. The number of benzodiazepines with no additional fused rings is 1. The van der Waals surface area contributed by atoms with Crippen molar-refractivity contribution in [1.82, 2.24) is 5.32 Å². The van der Waals surface area contributed by atoms with Crippen LogP contribution in [0.15, 0.2) is 89.9 Å². The highest BCUT2D eigenvalue weighted by atomic mass is 16.5. The molecule has 0 bridgehead atoms. The summed E-state index contributed by atoms with van der Waals surface area (Å²) in [5, 5.41) is 2.66. The van der Waals surface area contributed by atoms with Gasteiger partial charge in [-0.15, -0.1) is 0 Å². The van der Waals surface area contributed by atoms with Crippen LogP contribution in [0.3, 0.4) is 0 Å². The highest BCUT2D eigenvalue weighted by Gasteiger charge is 2.47. The van der Waals surface area contributed by atoms with E-state index in [1.54, 1.807) is 12.1 Å². The number of carbonyl (C=O) groups excluding carboxylic acids is 3. The lowest BCUT2D eigenvalue weighted by Crippen LogP contribution is -2.59. The molecule has 1 unspecified atom stereocenters. The summed E-state index contributed by atoms with van der Waals surface area (Å²) in [4.78, 5) is 46.5. The number of fused-ring (bicyclic) bond motifs is 1. The summed E-state index contributed by atoms with van der Waals surface area (Å²) in [6.45, 7) is 1.55. The Hall–Kier alpha value is -4.26. The Morgan fingerprint density at radius 3 is 2.28 bits per heavy atom. The average Bonchev–Trinajstić information content (AvgIpc) is 2.95. The first-order chi connectivity index (χ1) is 17.5. The number of para-hydroxylation sites is 1. The Bertz CT molecular complexity index is 1320. The fourth-order valence-corrected chi connectivity index (χ4v) is 4.44. The zero-order valence-corrected chi connectivity index (χ0v) is 20.0. The molecule has 7 heteroatoms. The molecule has 1 heterocycles. The lowest BCUT2D eigenvalue weighted by molar-refractivity contribution is -0.133. The van der Waals surface area contributed by atoms with Gasteiger partial charge in [0.1, 0.15) is 6.61 Å². The van der Waals surface area contributed by atoms with Gasteiger partial charge in [-0.25, -0.2) is 14.7 Å². The van der Waals surface area contributed by atoms with Crippen LogP contribution in [0.25, 0.3) is 0 Å². The predicted molar refractivity (Wildman–Crippen MR) is 137 cm³/mol. The van der Waals surface area contributed by atoms with E-state index in [2.05, 4.69) is 5.32 Å². The van der Waals surface area contributed by atoms with Crippen LogP contribution < -0.4 is 10.2 Å². The Morgan fingerprint density at radius 2 is 1.61 bits per heavy atom. The van der Waals surface area contributed by atoms with Gasteiger partial charge in [-0.2, -0.15) is 0 Å². The number of rotatable bonds is 5. The normalized spacial score (nSPS) is 19.4. The Kier molecular flexibility index (Phi) is 6.38. The van der Waals surface area contributed by atoms with Gasteiger partial charge in [0.15, 0.2) is 0 Å². The number of benzene rings is 3. The molecule has 5 rings (SSSR count). The summed E-state index contributed by atoms with van der Waals surface area (Å²) in [5.74, 6) is -1.11. The van der Waals surface area contributed by atoms with E-state index >= 15 is 0 Å². The van der Waals surface area contributed by atoms with E-state index in [0.29, 0.717) is 17.0 Å². The number of carbonyl (C=O) groups is 3. The minimum absolute atomic E-state index is 0.0388. The van der Waals surface area contributed by atoms with Gasteiger partial charge in [-0.1, -0.05) is 85.3 Å². The third-order valence-corrected chi connectivity index (χ3v) is 6.64. The van der Waals surface area contributed by atoms with Crippen LogP contribution in [0.2, 0.25) is 0 Å². The largest absolute Gasteiger partial charge is 0.445 e. The van der Waals surface area contributed by atoms with Crippen LogP contribution in [-0.2, 0) is 20.9 Å². The van der Waals surface area contributed by atoms with Crippen molar-refractivity contribution in [2.24, 2.45) is 10.9 Å². The van der Waals surface area contributed by atoms with Gasteiger partial charge in [-0.3, -0.25) is 14.9 Å². The van der Waals surface area contributed by atoms with Crippen LogP contribution in [0, 0.1) is 5.92 Å². The van der Waals surface area contributed by atoms with E-state index in [4.69, 9.17) is 9.73 Å². The molecule has 3 amide bonds. The molecule has 3 aromatic rings. The monoisotopic (exact) mass is 481 g/mol. The summed E-state index contributed by atoms with van der Waals surface area (Å²) in [6, 6.07) is 25.9. The molecule has 2 aliphatic rings. The molecule has 1 aliphatic heterocycles. The topological polar surface area (TPSA) is 88.1 Å². The second kappa shape index (κ2) is 9.77. The Balaban J connectivity index is 1.55. The summed E-state index contributed by atoms with van der Waals surface area (Å²) >= 11 is 0. The van der Waals surface area contributed by atoms with Crippen LogP contribution >= 0.6 is 0 Å². The highest BCUT2D eigenvalue weighted by molar-refractivity contribution is 6.27. The lowest BCUT2D eigenvalue weighted by atomic mass is 9.84. The molecule has 1 aliphatic carbocycles. The number of hydrogen-bond donors (Lipinski definition) is 1. The highest BCUT2D eigenvalue weighted by Crippen LogP contribution is 2.36. The first-order valence-corrected chi connectivity index (χ1v) is 12.1.